The minimum absolute atomic E-state index is 0.499. The second-order valence-electron chi connectivity index (χ2n) is 4.66. The lowest BCUT2D eigenvalue weighted by Crippen LogP contribution is -2.13. The zero-order valence-electron chi connectivity index (χ0n) is 12.3. The van der Waals surface area contributed by atoms with Crippen molar-refractivity contribution in [1.82, 2.24) is 19.7 Å². The molecule has 7 heteroatoms. The van der Waals surface area contributed by atoms with Crippen molar-refractivity contribution in [1.29, 1.82) is 0 Å². The van der Waals surface area contributed by atoms with Gasteiger partial charge in [0, 0.05) is 19.5 Å². The van der Waals surface area contributed by atoms with Gasteiger partial charge in [-0.2, -0.15) is 10.1 Å². The summed E-state index contributed by atoms with van der Waals surface area (Å²) in [5.74, 6) is 7.92. The van der Waals surface area contributed by atoms with Crippen LogP contribution < -0.4 is 16.0 Å². The van der Waals surface area contributed by atoms with Gasteiger partial charge in [0.05, 0.1) is 11.3 Å². The Labute approximate surface area is 118 Å². The monoisotopic (exact) mass is 276 g/mol. The first-order valence-corrected chi connectivity index (χ1v) is 6.57. The molecule has 0 radical (unpaired) electrons. The zero-order chi connectivity index (χ0) is 14.7. The number of nitrogens with one attached hydrogen (secondary N) is 1. The van der Waals surface area contributed by atoms with Gasteiger partial charge in [0.1, 0.15) is 11.6 Å². The second-order valence-corrected chi connectivity index (χ2v) is 4.66. The average molecular weight is 276 g/mol. The van der Waals surface area contributed by atoms with Crippen LogP contribution in [0, 0.1) is 13.8 Å². The summed E-state index contributed by atoms with van der Waals surface area (Å²) in [6.07, 6.45) is 1.73. The Balaban J connectivity index is 2.39. The van der Waals surface area contributed by atoms with Gasteiger partial charge in [-0.1, -0.05) is 6.92 Å². The Hall–Kier alpha value is -2.15. The number of hydrogen-bond acceptors (Lipinski definition) is 6. The summed E-state index contributed by atoms with van der Waals surface area (Å²) >= 11 is 0. The van der Waals surface area contributed by atoms with Crippen molar-refractivity contribution < 1.29 is 4.74 Å². The number of aromatic nitrogens is 4. The van der Waals surface area contributed by atoms with Gasteiger partial charge in [-0.05, 0) is 20.3 Å². The SMILES string of the molecule is CCCc1nc(NN)c(C)c(Oc2cc(C)nn2C)n1. The van der Waals surface area contributed by atoms with Crippen LogP contribution in [-0.4, -0.2) is 19.7 Å². The first-order chi connectivity index (χ1) is 9.55. The van der Waals surface area contributed by atoms with Crippen LogP contribution in [0.2, 0.25) is 0 Å². The van der Waals surface area contributed by atoms with Gasteiger partial charge < -0.3 is 10.2 Å². The van der Waals surface area contributed by atoms with Gasteiger partial charge in [-0.25, -0.2) is 15.5 Å². The van der Waals surface area contributed by atoms with E-state index in [1.165, 1.54) is 0 Å². The molecule has 20 heavy (non-hydrogen) atoms. The topological polar surface area (TPSA) is 90.9 Å². The number of ether oxygens (including phenoxy) is 1. The molecule has 2 rings (SSSR count). The van der Waals surface area contributed by atoms with Crippen LogP contribution in [-0.2, 0) is 13.5 Å². The molecule has 0 saturated heterocycles. The Morgan fingerprint density at radius 1 is 1.35 bits per heavy atom. The molecule has 0 atom stereocenters. The number of rotatable bonds is 5. The first-order valence-electron chi connectivity index (χ1n) is 6.57. The fraction of sp³-hybridized carbons (Fsp3) is 0.462. The van der Waals surface area contributed by atoms with E-state index in [-0.39, 0.29) is 0 Å². The molecule has 0 aliphatic rings. The van der Waals surface area contributed by atoms with E-state index in [0.29, 0.717) is 23.4 Å². The molecule has 7 nitrogen and oxygen atoms in total. The third kappa shape index (κ3) is 2.88. The molecule has 0 bridgehead atoms. The first kappa shape index (κ1) is 14.3. The van der Waals surface area contributed by atoms with Crippen LogP contribution in [0.25, 0.3) is 0 Å². The predicted molar refractivity (Wildman–Crippen MR) is 76.6 cm³/mol. The zero-order valence-corrected chi connectivity index (χ0v) is 12.3. The third-order valence-corrected chi connectivity index (χ3v) is 2.92. The van der Waals surface area contributed by atoms with Crippen molar-refractivity contribution in [2.75, 3.05) is 5.43 Å². The van der Waals surface area contributed by atoms with E-state index >= 15 is 0 Å². The number of nitrogens with zero attached hydrogens (tertiary/aromatic N) is 4. The molecular weight excluding hydrogens is 256 g/mol. The van der Waals surface area contributed by atoms with E-state index < -0.39 is 0 Å². The van der Waals surface area contributed by atoms with Crippen molar-refractivity contribution >= 4 is 5.82 Å². The van der Waals surface area contributed by atoms with Gasteiger partial charge in [-0.3, -0.25) is 0 Å². The molecule has 108 valence electrons. The average Bonchev–Trinajstić information content (AvgIpc) is 2.72. The molecule has 2 heterocycles. The molecule has 0 spiro atoms. The smallest absolute Gasteiger partial charge is 0.229 e. The number of hydrazine groups is 1. The molecule has 0 aromatic carbocycles. The lowest BCUT2D eigenvalue weighted by molar-refractivity contribution is 0.409. The summed E-state index contributed by atoms with van der Waals surface area (Å²) < 4.78 is 7.52. The van der Waals surface area contributed by atoms with E-state index in [0.717, 1.165) is 24.1 Å². The number of hydrogen-bond donors (Lipinski definition) is 2. The molecule has 0 aliphatic carbocycles. The Morgan fingerprint density at radius 2 is 2.10 bits per heavy atom. The Bertz CT molecular complexity index is 607. The highest BCUT2D eigenvalue weighted by molar-refractivity contribution is 5.48. The van der Waals surface area contributed by atoms with Crippen molar-refractivity contribution in [3.8, 4) is 11.8 Å². The van der Waals surface area contributed by atoms with Crippen LogP contribution in [0.5, 0.6) is 11.8 Å². The standard InChI is InChI=1S/C13H20N6O/c1-5-6-10-15-12(17-14)9(3)13(16-10)20-11-7-8(2)18-19(11)4/h7H,5-6,14H2,1-4H3,(H,15,16,17). The molecule has 2 aromatic rings. The summed E-state index contributed by atoms with van der Waals surface area (Å²) in [6.45, 7) is 5.85. The molecule has 0 amide bonds. The molecule has 2 aromatic heterocycles. The lowest BCUT2D eigenvalue weighted by atomic mass is 10.3. The van der Waals surface area contributed by atoms with Gasteiger partial charge in [-0.15, -0.1) is 0 Å². The van der Waals surface area contributed by atoms with Crippen LogP contribution in [0.15, 0.2) is 6.07 Å². The number of anilines is 1. The molecule has 0 fully saturated rings. The minimum atomic E-state index is 0.499. The van der Waals surface area contributed by atoms with E-state index in [2.05, 4.69) is 27.4 Å². The number of aryl methyl sites for hydroxylation is 3. The van der Waals surface area contributed by atoms with Crippen LogP contribution in [0.4, 0.5) is 5.82 Å². The fourth-order valence-corrected chi connectivity index (χ4v) is 1.90. The summed E-state index contributed by atoms with van der Waals surface area (Å²) in [5.41, 5.74) is 4.25. The Morgan fingerprint density at radius 3 is 2.65 bits per heavy atom. The van der Waals surface area contributed by atoms with Crippen molar-refractivity contribution in [2.24, 2.45) is 12.9 Å². The minimum Gasteiger partial charge on any atom is -0.420 e. The predicted octanol–water partition coefficient (Wildman–Crippen LogP) is 1.86. The highest BCUT2D eigenvalue weighted by atomic mass is 16.5. The molecule has 0 saturated carbocycles. The molecule has 3 N–H and O–H groups in total. The maximum Gasteiger partial charge on any atom is 0.229 e. The number of nitrogens with two attached hydrogens (primary N) is 1. The van der Waals surface area contributed by atoms with Crippen molar-refractivity contribution in [3.05, 3.63) is 23.1 Å². The van der Waals surface area contributed by atoms with Gasteiger partial charge in [0.2, 0.25) is 11.8 Å². The van der Waals surface area contributed by atoms with Crippen LogP contribution in [0.1, 0.15) is 30.4 Å². The fourth-order valence-electron chi connectivity index (χ4n) is 1.90. The highest BCUT2D eigenvalue weighted by Gasteiger charge is 2.14. The lowest BCUT2D eigenvalue weighted by Gasteiger charge is -2.12. The van der Waals surface area contributed by atoms with Gasteiger partial charge in [0.25, 0.3) is 0 Å². The van der Waals surface area contributed by atoms with Gasteiger partial charge >= 0.3 is 0 Å². The van der Waals surface area contributed by atoms with Crippen molar-refractivity contribution in [2.45, 2.75) is 33.6 Å². The third-order valence-electron chi connectivity index (χ3n) is 2.92. The maximum atomic E-state index is 5.84. The molecule has 0 unspecified atom stereocenters. The van der Waals surface area contributed by atoms with Gasteiger partial charge in [0.15, 0.2) is 0 Å². The van der Waals surface area contributed by atoms with E-state index in [4.69, 9.17) is 10.6 Å². The van der Waals surface area contributed by atoms with E-state index in [1.54, 1.807) is 4.68 Å². The normalized spacial score (nSPS) is 10.7. The van der Waals surface area contributed by atoms with Crippen LogP contribution in [0.3, 0.4) is 0 Å². The summed E-state index contributed by atoms with van der Waals surface area (Å²) in [7, 11) is 1.83. The van der Waals surface area contributed by atoms with E-state index in [1.807, 2.05) is 27.0 Å². The summed E-state index contributed by atoms with van der Waals surface area (Å²) in [4.78, 5) is 8.81. The van der Waals surface area contributed by atoms with Crippen LogP contribution >= 0.6 is 0 Å². The largest absolute Gasteiger partial charge is 0.420 e. The molecule has 0 aliphatic heterocycles. The van der Waals surface area contributed by atoms with Crippen molar-refractivity contribution in [3.63, 3.8) is 0 Å². The summed E-state index contributed by atoms with van der Waals surface area (Å²) in [5, 5.41) is 4.25. The second kappa shape index (κ2) is 5.87. The maximum absolute atomic E-state index is 5.84. The molecular formula is C13H20N6O. The summed E-state index contributed by atoms with van der Waals surface area (Å²) in [6, 6.07) is 1.86. The highest BCUT2D eigenvalue weighted by Crippen LogP contribution is 2.27. The number of nitrogen functional groups attached to an aromatic ring is 1. The Kier molecular flexibility index (Phi) is 4.19. The quantitative estimate of drug-likeness (QED) is 0.640. The van der Waals surface area contributed by atoms with E-state index in [9.17, 15) is 0 Å².